The maximum Gasteiger partial charge on any atom is 0.418 e. The van der Waals surface area contributed by atoms with Gasteiger partial charge in [0.15, 0.2) is 0 Å². The fraction of sp³-hybridized carbons (Fsp3) is 0.400. The average Bonchev–Trinajstić information content (AvgIpc) is 3.49. The second-order valence-corrected chi connectivity index (χ2v) is 9.32. The number of hydrogen-bond acceptors (Lipinski definition) is 6. The number of fused-ring (bicyclic) bond motifs is 2. The number of nitrogens with zero attached hydrogens (tertiary/aromatic N) is 3. The molecule has 5 rings (SSSR count). The number of carbonyl (C=O) groups is 4. The molecule has 1 aromatic heterocycles. The number of ether oxygens (including phenoxy) is 1. The van der Waals surface area contributed by atoms with Crippen LogP contribution in [0.15, 0.2) is 36.5 Å². The highest BCUT2D eigenvalue weighted by atomic mass is 19.1. The Morgan fingerprint density at radius 2 is 2.03 bits per heavy atom. The SMILES string of the molecule is CNC(=O)Nc1ccc2c(c1)CC[C@@]21OC(=O)N(CC(=O)N2[C@H](C)CC[C@@H]2c2ccc(F)nc2)C1=O. The molecule has 0 unspecified atom stereocenters. The molecule has 2 aliphatic heterocycles. The summed E-state index contributed by atoms with van der Waals surface area (Å²) in [7, 11) is 1.51. The van der Waals surface area contributed by atoms with Gasteiger partial charge in [-0.15, -0.1) is 0 Å². The van der Waals surface area contributed by atoms with E-state index < -0.39 is 30.1 Å². The van der Waals surface area contributed by atoms with Gasteiger partial charge in [0.1, 0.15) is 6.54 Å². The number of aromatic nitrogens is 1. The second kappa shape index (κ2) is 8.89. The normalized spacial score (nSPS) is 24.8. The minimum atomic E-state index is -1.48. The van der Waals surface area contributed by atoms with Crippen LogP contribution in [0, 0.1) is 5.95 Å². The minimum Gasteiger partial charge on any atom is -0.427 e. The number of amides is 5. The van der Waals surface area contributed by atoms with E-state index in [0.717, 1.165) is 16.9 Å². The molecule has 0 saturated carbocycles. The van der Waals surface area contributed by atoms with Crippen molar-refractivity contribution in [2.24, 2.45) is 0 Å². The summed E-state index contributed by atoms with van der Waals surface area (Å²) < 4.78 is 18.9. The number of imide groups is 1. The van der Waals surface area contributed by atoms with Crippen LogP contribution in [-0.2, 0) is 26.3 Å². The first-order valence-corrected chi connectivity index (χ1v) is 11.8. The van der Waals surface area contributed by atoms with Crippen LogP contribution in [0.25, 0.3) is 0 Å². The standard InChI is InChI=1S/C25H26FN5O5/c1-14-3-7-19(16-4-8-20(26)28-12-16)31(14)21(32)13-30-22(33)25(36-24(30)35)10-9-15-11-17(5-6-18(15)25)29-23(34)27-2/h4-6,8,11-12,14,19H,3,7,9-10,13H2,1-2H3,(H2,27,29,34)/t14-,19-,25-/m1/s1. The lowest BCUT2D eigenvalue weighted by Gasteiger charge is -2.30. The average molecular weight is 496 g/mol. The molecule has 3 aliphatic rings. The number of likely N-dealkylation sites (tertiary alicyclic amines) is 1. The molecule has 0 radical (unpaired) electrons. The molecule has 2 aromatic rings. The molecule has 2 N–H and O–H groups in total. The maximum atomic E-state index is 13.5. The quantitative estimate of drug-likeness (QED) is 0.630. The largest absolute Gasteiger partial charge is 0.427 e. The van der Waals surface area contributed by atoms with Crippen LogP contribution in [0.5, 0.6) is 0 Å². The summed E-state index contributed by atoms with van der Waals surface area (Å²) >= 11 is 0. The van der Waals surface area contributed by atoms with Crippen molar-refractivity contribution in [1.82, 2.24) is 20.1 Å². The van der Waals surface area contributed by atoms with Gasteiger partial charge in [-0.3, -0.25) is 9.59 Å². The summed E-state index contributed by atoms with van der Waals surface area (Å²) in [5.74, 6) is -1.56. The van der Waals surface area contributed by atoms with E-state index in [2.05, 4.69) is 15.6 Å². The van der Waals surface area contributed by atoms with E-state index >= 15 is 0 Å². The zero-order chi connectivity index (χ0) is 25.6. The lowest BCUT2D eigenvalue weighted by Crippen LogP contribution is -2.46. The highest BCUT2D eigenvalue weighted by Crippen LogP contribution is 2.46. The van der Waals surface area contributed by atoms with Crippen molar-refractivity contribution < 1.29 is 28.3 Å². The first kappa shape index (κ1) is 23.7. The summed E-state index contributed by atoms with van der Waals surface area (Å²) in [5, 5.41) is 5.16. The van der Waals surface area contributed by atoms with Gasteiger partial charge in [-0.05, 0) is 55.5 Å². The fourth-order valence-corrected chi connectivity index (χ4v) is 5.46. The van der Waals surface area contributed by atoms with Gasteiger partial charge in [0, 0.05) is 37.0 Å². The van der Waals surface area contributed by atoms with Crippen molar-refractivity contribution in [3.8, 4) is 0 Å². The van der Waals surface area contributed by atoms with Gasteiger partial charge in [0.25, 0.3) is 5.91 Å². The van der Waals surface area contributed by atoms with E-state index in [9.17, 15) is 23.6 Å². The zero-order valence-corrected chi connectivity index (χ0v) is 19.9. The molecule has 2 saturated heterocycles. The third kappa shape index (κ3) is 3.84. The Bertz CT molecular complexity index is 1250. The number of urea groups is 1. The topological polar surface area (TPSA) is 121 Å². The Kier molecular flexibility index (Phi) is 5.85. The lowest BCUT2D eigenvalue weighted by molar-refractivity contribution is -0.143. The van der Waals surface area contributed by atoms with Gasteiger partial charge in [-0.1, -0.05) is 12.1 Å². The van der Waals surface area contributed by atoms with Crippen LogP contribution in [-0.4, -0.2) is 58.4 Å². The highest BCUT2D eigenvalue weighted by molar-refractivity contribution is 6.06. The smallest absolute Gasteiger partial charge is 0.418 e. The van der Waals surface area contributed by atoms with Gasteiger partial charge in [-0.2, -0.15) is 4.39 Å². The number of rotatable bonds is 4. The summed E-state index contributed by atoms with van der Waals surface area (Å²) in [5.41, 5.74) is 1.12. The molecule has 3 atom stereocenters. The Morgan fingerprint density at radius 1 is 1.22 bits per heavy atom. The Labute approximate surface area is 206 Å². The van der Waals surface area contributed by atoms with Crippen molar-refractivity contribution in [2.45, 2.75) is 50.3 Å². The van der Waals surface area contributed by atoms with E-state index in [4.69, 9.17) is 4.74 Å². The second-order valence-electron chi connectivity index (χ2n) is 9.32. The van der Waals surface area contributed by atoms with Crippen LogP contribution < -0.4 is 10.6 Å². The summed E-state index contributed by atoms with van der Waals surface area (Å²) in [6.07, 6.45) is 2.68. The Hall–Kier alpha value is -4.02. The molecule has 5 amide bonds. The number of hydrogen-bond donors (Lipinski definition) is 2. The molecule has 188 valence electrons. The molecule has 2 fully saturated rings. The summed E-state index contributed by atoms with van der Waals surface area (Å²) in [4.78, 5) is 57.5. The van der Waals surface area contributed by atoms with Crippen molar-refractivity contribution in [3.63, 3.8) is 0 Å². The van der Waals surface area contributed by atoms with Crippen molar-refractivity contribution in [2.75, 3.05) is 18.9 Å². The van der Waals surface area contributed by atoms with Gasteiger partial charge in [0.05, 0.1) is 6.04 Å². The van der Waals surface area contributed by atoms with Crippen LogP contribution >= 0.6 is 0 Å². The Balaban J connectivity index is 1.35. The van der Waals surface area contributed by atoms with Crippen LogP contribution in [0.4, 0.5) is 19.7 Å². The number of benzene rings is 1. The van der Waals surface area contributed by atoms with E-state index in [1.165, 1.54) is 19.3 Å². The number of nitrogens with one attached hydrogen (secondary N) is 2. The molecular formula is C25H26FN5O5. The van der Waals surface area contributed by atoms with E-state index in [1.54, 1.807) is 29.2 Å². The van der Waals surface area contributed by atoms with E-state index in [0.29, 0.717) is 29.7 Å². The fourth-order valence-electron chi connectivity index (χ4n) is 5.46. The molecule has 0 bridgehead atoms. The van der Waals surface area contributed by atoms with Crippen molar-refractivity contribution in [3.05, 3.63) is 59.2 Å². The number of aryl methyl sites for hydroxylation is 1. The van der Waals surface area contributed by atoms with E-state index in [-0.39, 0.29) is 30.4 Å². The maximum absolute atomic E-state index is 13.5. The molecular weight excluding hydrogens is 469 g/mol. The van der Waals surface area contributed by atoms with Crippen molar-refractivity contribution in [1.29, 1.82) is 0 Å². The third-order valence-corrected chi connectivity index (χ3v) is 7.23. The monoisotopic (exact) mass is 495 g/mol. The molecule has 1 aliphatic carbocycles. The number of anilines is 1. The first-order valence-electron chi connectivity index (χ1n) is 11.8. The highest BCUT2D eigenvalue weighted by Gasteiger charge is 2.58. The third-order valence-electron chi connectivity index (χ3n) is 7.23. The van der Waals surface area contributed by atoms with Gasteiger partial charge < -0.3 is 20.3 Å². The number of pyridine rings is 1. The molecule has 3 heterocycles. The van der Waals surface area contributed by atoms with Gasteiger partial charge in [0.2, 0.25) is 17.5 Å². The van der Waals surface area contributed by atoms with Crippen molar-refractivity contribution >= 4 is 29.6 Å². The van der Waals surface area contributed by atoms with Crippen LogP contribution in [0.1, 0.15) is 48.9 Å². The Morgan fingerprint density at radius 3 is 2.75 bits per heavy atom. The zero-order valence-electron chi connectivity index (χ0n) is 19.9. The minimum absolute atomic E-state index is 0.117. The molecule has 11 heteroatoms. The van der Waals surface area contributed by atoms with E-state index in [1.807, 2.05) is 6.92 Å². The number of halogens is 1. The predicted octanol–water partition coefficient (Wildman–Crippen LogP) is 2.84. The molecule has 36 heavy (non-hydrogen) atoms. The molecule has 1 aromatic carbocycles. The molecule has 10 nitrogen and oxygen atoms in total. The number of carbonyl (C=O) groups excluding carboxylic acids is 4. The predicted molar refractivity (Wildman–Crippen MR) is 125 cm³/mol. The van der Waals surface area contributed by atoms with Gasteiger partial charge in [-0.25, -0.2) is 19.5 Å². The van der Waals surface area contributed by atoms with Crippen LogP contribution in [0.3, 0.4) is 0 Å². The van der Waals surface area contributed by atoms with Gasteiger partial charge >= 0.3 is 12.1 Å². The molecule has 1 spiro atoms. The summed E-state index contributed by atoms with van der Waals surface area (Å²) in [6.45, 7) is 1.46. The van der Waals surface area contributed by atoms with Crippen LogP contribution in [0.2, 0.25) is 0 Å². The summed E-state index contributed by atoms with van der Waals surface area (Å²) in [6, 6.07) is 7.10. The lowest BCUT2D eigenvalue weighted by atomic mass is 9.94. The first-order chi connectivity index (χ1) is 17.2.